The van der Waals surface area contributed by atoms with E-state index >= 15 is 0 Å². The fourth-order valence-corrected chi connectivity index (χ4v) is 4.97. The molecule has 2 aliphatic rings. The summed E-state index contributed by atoms with van der Waals surface area (Å²) in [4.78, 5) is 36.3. The summed E-state index contributed by atoms with van der Waals surface area (Å²) in [5, 5.41) is 0.780. The van der Waals surface area contributed by atoms with Gasteiger partial charge in [-0.15, -0.1) is 11.3 Å². The third kappa shape index (κ3) is 2.77. The van der Waals surface area contributed by atoms with Gasteiger partial charge in [-0.2, -0.15) is 0 Å². The van der Waals surface area contributed by atoms with Gasteiger partial charge < -0.3 is 9.88 Å². The van der Waals surface area contributed by atoms with Gasteiger partial charge in [-0.25, -0.2) is 4.98 Å². The number of aromatic amines is 1. The molecule has 1 unspecified atom stereocenters. The highest BCUT2D eigenvalue weighted by Crippen LogP contribution is 2.35. The lowest BCUT2D eigenvalue weighted by Crippen LogP contribution is -2.36. The molecular weight excluding hydrogens is 322 g/mol. The largest absolute Gasteiger partial charge is 0.343 e. The first-order valence-corrected chi connectivity index (χ1v) is 9.65. The van der Waals surface area contributed by atoms with E-state index in [0.717, 1.165) is 29.5 Å². The zero-order valence-electron chi connectivity index (χ0n) is 14.2. The number of amides is 1. The summed E-state index contributed by atoms with van der Waals surface area (Å²) in [6.45, 7) is 2.12. The average Bonchev–Trinajstić information content (AvgIpc) is 3.21. The summed E-state index contributed by atoms with van der Waals surface area (Å²) in [7, 11) is 1.88. The Morgan fingerprint density at radius 3 is 2.96 bits per heavy atom. The summed E-state index contributed by atoms with van der Waals surface area (Å²) in [5.74, 6) is 1.43. The highest BCUT2D eigenvalue weighted by Gasteiger charge is 2.32. The van der Waals surface area contributed by atoms with Gasteiger partial charge in [-0.3, -0.25) is 9.59 Å². The van der Waals surface area contributed by atoms with Crippen molar-refractivity contribution in [3.63, 3.8) is 0 Å². The third-order valence-corrected chi connectivity index (χ3v) is 6.69. The van der Waals surface area contributed by atoms with Crippen molar-refractivity contribution in [2.75, 3.05) is 7.05 Å². The average molecular weight is 345 g/mol. The van der Waals surface area contributed by atoms with E-state index in [-0.39, 0.29) is 11.5 Å². The molecule has 1 saturated carbocycles. The summed E-state index contributed by atoms with van der Waals surface area (Å²) in [6, 6.07) is 0.312. The Balaban J connectivity index is 1.49. The summed E-state index contributed by atoms with van der Waals surface area (Å²) >= 11 is 1.65. The number of thiophene rings is 1. The van der Waals surface area contributed by atoms with E-state index in [0.29, 0.717) is 30.6 Å². The number of carbonyl (C=O) groups is 1. The van der Waals surface area contributed by atoms with Gasteiger partial charge in [-0.05, 0) is 50.5 Å². The van der Waals surface area contributed by atoms with Crippen LogP contribution >= 0.6 is 11.3 Å². The Labute approximate surface area is 145 Å². The van der Waals surface area contributed by atoms with Crippen LogP contribution in [0.25, 0.3) is 10.2 Å². The van der Waals surface area contributed by atoms with Crippen LogP contribution in [-0.4, -0.2) is 33.9 Å². The highest BCUT2D eigenvalue weighted by atomic mass is 32.1. The molecule has 4 rings (SSSR count). The van der Waals surface area contributed by atoms with Gasteiger partial charge in [0.1, 0.15) is 10.7 Å². The maximum atomic E-state index is 12.4. The number of hydrogen-bond donors (Lipinski definition) is 1. The van der Waals surface area contributed by atoms with Crippen LogP contribution < -0.4 is 5.56 Å². The highest BCUT2D eigenvalue weighted by molar-refractivity contribution is 7.18. The number of nitrogens with one attached hydrogen (secondary N) is 1. The summed E-state index contributed by atoms with van der Waals surface area (Å²) in [5.41, 5.74) is 1.16. The van der Waals surface area contributed by atoms with Gasteiger partial charge in [0.25, 0.3) is 5.56 Å². The Morgan fingerprint density at radius 2 is 2.21 bits per heavy atom. The first-order chi connectivity index (χ1) is 11.5. The molecule has 5 nitrogen and oxygen atoms in total. The third-order valence-electron chi connectivity index (χ3n) is 5.51. The van der Waals surface area contributed by atoms with Crippen molar-refractivity contribution in [3.8, 4) is 0 Å². The van der Waals surface area contributed by atoms with E-state index in [1.54, 1.807) is 11.3 Å². The van der Waals surface area contributed by atoms with Crippen molar-refractivity contribution in [3.05, 3.63) is 26.6 Å². The number of nitrogens with zero attached hydrogens (tertiary/aromatic N) is 2. The zero-order chi connectivity index (χ0) is 16.8. The lowest BCUT2D eigenvalue weighted by atomic mass is 10.1. The minimum atomic E-state index is -0.0402. The van der Waals surface area contributed by atoms with Crippen molar-refractivity contribution >= 4 is 27.5 Å². The number of H-pyrrole nitrogens is 1. The molecule has 1 fully saturated rings. The normalized spacial score (nSPS) is 17.9. The predicted octanol–water partition coefficient (Wildman–Crippen LogP) is 2.66. The lowest BCUT2D eigenvalue weighted by Gasteiger charge is -2.24. The number of aromatic nitrogens is 2. The lowest BCUT2D eigenvalue weighted by molar-refractivity contribution is -0.132. The van der Waals surface area contributed by atoms with Crippen LogP contribution in [0.4, 0.5) is 0 Å². The van der Waals surface area contributed by atoms with Crippen LogP contribution in [0.5, 0.6) is 0 Å². The smallest absolute Gasteiger partial charge is 0.259 e. The van der Waals surface area contributed by atoms with E-state index < -0.39 is 0 Å². The Bertz CT molecular complexity index is 850. The van der Waals surface area contributed by atoms with E-state index in [2.05, 4.69) is 16.9 Å². The fourth-order valence-electron chi connectivity index (χ4n) is 3.69. The van der Waals surface area contributed by atoms with E-state index in [9.17, 15) is 9.59 Å². The first kappa shape index (κ1) is 15.8. The quantitative estimate of drug-likeness (QED) is 0.906. The maximum absolute atomic E-state index is 12.4. The molecule has 0 spiro atoms. The number of carbonyl (C=O) groups excluding carboxylic acids is 1. The molecule has 1 atom stereocenters. The minimum Gasteiger partial charge on any atom is -0.343 e. The molecule has 0 aliphatic heterocycles. The van der Waals surface area contributed by atoms with Crippen LogP contribution in [0.1, 0.15) is 48.9 Å². The molecule has 1 N–H and O–H groups in total. The molecule has 0 radical (unpaired) electrons. The van der Waals surface area contributed by atoms with Gasteiger partial charge in [0.15, 0.2) is 0 Å². The summed E-state index contributed by atoms with van der Waals surface area (Å²) in [6.07, 6.45) is 6.54. The molecule has 0 aromatic carbocycles. The number of rotatable bonds is 5. The molecule has 2 aromatic heterocycles. The van der Waals surface area contributed by atoms with Crippen molar-refractivity contribution in [2.24, 2.45) is 5.92 Å². The van der Waals surface area contributed by atoms with Crippen LogP contribution in [0.3, 0.4) is 0 Å². The molecular formula is C18H23N3O2S. The van der Waals surface area contributed by atoms with Gasteiger partial charge in [0.2, 0.25) is 5.91 Å². The number of fused-ring (bicyclic) bond motifs is 3. The molecule has 128 valence electrons. The van der Waals surface area contributed by atoms with Crippen molar-refractivity contribution < 1.29 is 4.79 Å². The molecule has 6 heteroatoms. The molecule has 2 aliphatic carbocycles. The maximum Gasteiger partial charge on any atom is 0.259 e. The van der Waals surface area contributed by atoms with Gasteiger partial charge in [0, 0.05) is 30.8 Å². The SMILES string of the molecule is CC(C1CC1)N(C)C(=O)CCc1nc2sc3c(c2c(=O)[nH]1)CCC3. The molecule has 1 amide bonds. The van der Waals surface area contributed by atoms with Crippen molar-refractivity contribution in [2.45, 2.75) is 57.9 Å². The van der Waals surface area contributed by atoms with Gasteiger partial charge >= 0.3 is 0 Å². The zero-order valence-corrected chi connectivity index (χ0v) is 15.0. The van der Waals surface area contributed by atoms with E-state index in [1.807, 2.05) is 11.9 Å². The van der Waals surface area contributed by atoms with Crippen molar-refractivity contribution in [1.29, 1.82) is 0 Å². The molecule has 24 heavy (non-hydrogen) atoms. The minimum absolute atomic E-state index is 0.0402. The van der Waals surface area contributed by atoms with Crippen LogP contribution in [0, 0.1) is 5.92 Å². The Hall–Kier alpha value is -1.69. The van der Waals surface area contributed by atoms with E-state index in [4.69, 9.17) is 0 Å². The van der Waals surface area contributed by atoms with Gasteiger partial charge in [-0.1, -0.05) is 0 Å². The molecule has 0 saturated heterocycles. The Morgan fingerprint density at radius 1 is 1.42 bits per heavy atom. The molecule has 2 heterocycles. The molecule has 2 aromatic rings. The monoisotopic (exact) mass is 345 g/mol. The van der Waals surface area contributed by atoms with Crippen LogP contribution in [0.15, 0.2) is 4.79 Å². The predicted molar refractivity (Wildman–Crippen MR) is 95.5 cm³/mol. The van der Waals surface area contributed by atoms with Gasteiger partial charge in [0.05, 0.1) is 5.39 Å². The standard InChI is InChI=1S/C18H23N3O2S/c1-10(11-6-7-11)21(2)15(22)9-8-14-19-17(23)16-12-4-3-5-13(12)24-18(16)20-14/h10-11H,3-9H2,1-2H3,(H,19,20,23). The summed E-state index contributed by atoms with van der Waals surface area (Å²) < 4.78 is 0. The second-order valence-corrected chi connectivity index (χ2v) is 8.22. The topological polar surface area (TPSA) is 66.1 Å². The van der Waals surface area contributed by atoms with Crippen molar-refractivity contribution in [1.82, 2.24) is 14.9 Å². The van der Waals surface area contributed by atoms with Crippen LogP contribution in [-0.2, 0) is 24.1 Å². The molecule has 0 bridgehead atoms. The number of hydrogen-bond acceptors (Lipinski definition) is 4. The van der Waals surface area contributed by atoms with Crippen LogP contribution in [0.2, 0.25) is 0 Å². The number of aryl methyl sites for hydroxylation is 3. The Kier molecular flexibility index (Phi) is 3.95. The van der Waals surface area contributed by atoms with E-state index in [1.165, 1.54) is 23.3 Å². The first-order valence-electron chi connectivity index (χ1n) is 8.83. The second kappa shape index (κ2) is 5.99. The second-order valence-electron chi connectivity index (χ2n) is 7.13. The fraction of sp³-hybridized carbons (Fsp3) is 0.611.